The summed E-state index contributed by atoms with van der Waals surface area (Å²) >= 11 is 5.93. The Labute approximate surface area is 224 Å². The third-order valence-corrected chi connectivity index (χ3v) is 6.46. The molecule has 7 heteroatoms. The Kier molecular flexibility index (Phi) is 7.07. The third-order valence-electron chi connectivity index (χ3n) is 6.21. The fourth-order valence-electron chi connectivity index (χ4n) is 4.37. The van der Waals surface area contributed by atoms with Gasteiger partial charge in [0.05, 0.1) is 5.69 Å². The highest BCUT2D eigenvalue weighted by atomic mass is 35.5. The van der Waals surface area contributed by atoms with Crippen LogP contribution in [0.3, 0.4) is 0 Å². The Morgan fingerprint density at radius 3 is 2.45 bits per heavy atom. The Balaban J connectivity index is 1.42. The molecule has 0 saturated carbocycles. The molecule has 1 heterocycles. The maximum atomic E-state index is 13.2. The van der Waals surface area contributed by atoms with Gasteiger partial charge in [-0.3, -0.25) is 14.9 Å². The van der Waals surface area contributed by atoms with Gasteiger partial charge in [-0.05, 0) is 76.4 Å². The van der Waals surface area contributed by atoms with Crippen molar-refractivity contribution in [1.29, 1.82) is 0 Å². The first-order valence-corrected chi connectivity index (χ1v) is 12.3. The number of ether oxygens (including phenoxy) is 1. The van der Waals surface area contributed by atoms with Crippen LogP contribution in [0, 0.1) is 0 Å². The molecule has 1 saturated heterocycles. The minimum atomic E-state index is -0.816. The van der Waals surface area contributed by atoms with Crippen LogP contribution in [0.2, 0.25) is 5.02 Å². The van der Waals surface area contributed by atoms with Crippen LogP contribution < -0.4 is 15.0 Å². The van der Waals surface area contributed by atoms with E-state index in [1.165, 1.54) is 18.2 Å². The molecule has 6 nitrogen and oxygen atoms in total. The number of nitrogens with one attached hydrogen (secondary N) is 1. The van der Waals surface area contributed by atoms with Crippen molar-refractivity contribution in [3.63, 3.8) is 0 Å². The van der Waals surface area contributed by atoms with E-state index in [1.54, 1.807) is 24.3 Å². The quantitative estimate of drug-likeness (QED) is 0.171. The summed E-state index contributed by atoms with van der Waals surface area (Å²) in [6.45, 7) is 4.22. The van der Waals surface area contributed by atoms with Crippen LogP contribution in [0.15, 0.2) is 103 Å². The topological polar surface area (TPSA) is 75.7 Å². The minimum absolute atomic E-state index is 0.159. The number of anilines is 1. The molecule has 4 amide bonds. The zero-order valence-corrected chi connectivity index (χ0v) is 21.1. The van der Waals surface area contributed by atoms with E-state index < -0.39 is 17.8 Å². The molecule has 1 aliphatic rings. The molecule has 188 valence electrons. The molecule has 0 aromatic heterocycles. The van der Waals surface area contributed by atoms with E-state index in [9.17, 15) is 14.4 Å². The average Bonchev–Trinajstić information content (AvgIpc) is 2.91. The van der Waals surface area contributed by atoms with Crippen LogP contribution in [-0.2, 0) is 22.6 Å². The number of rotatable bonds is 7. The number of fused-ring (bicyclic) bond motifs is 1. The molecule has 1 N–H and O–H groups in total. The van der Waals surface area contributed by atoms with Gasteiger partial charge in [0.1, 0.15) is 17.9 Å². The second kappa shape index (κ2) is 10.7. The summed E-state index contributed by atoms with van der Waals surface area (Å²) in [4.78, 5) is 39.1. The second-order valence-electron chi connectivity index (χ2n) is 8.72. The van der Waals surface area contributed by atoms with E-state index in [0.29, 0.717) is 35.1 Å². The lowest BCUT2D eigenvalue weighted by atomic mass is 10.0. The van der Waals surface area contributed by atoms with Crippen molar-refractivity contribution < 1.29 is 19.1 Å². The highest BCUT2D eigenvalue weighted by Crippen LogP contribution is 2.27. The van der Waals surface area contributed by atoms with Gasteiger partial charge in [0, 0.05) is 5.02 Å². The molecule has 0 spiro atoms. The van der Waals surface area contributed by atoms with Crippen LogP contribution in [0.4, 0.5) is 10.5 Å². The average molecular weight is 523 g/mol. The molecule has 4 aromatic carbocycles. The summed E-state index contributed by atoms with van der Waals surface area (Å²) in [7, 11) is 0. The zero-order valence-electron chi connectivity index (χ0n) is 20.3. The van der Waals surface area contributed by atoms with E-state index in [-0.39, 0.29) is 5.57 Å². The van der Waals surface area contributed by atoms with Gasteiger partial charge in [0.15, 0.2) is 0 Å². The molecule has 0 radical (unpaired) electrons. The predicted octanol–water partition coefficient (Wildman–Crippen LogP) is 6.47. The molecule has 1 aliphatic heterocycles. The molecule has 0 atom stereocenters. The lowest BCUT2D eigenvalue weighted by Gasteiger charge is -2.26. The van der Waals surface area contributed by atoms with E-state index in [0.717, 1.165) is 26.8 Å². The summed E-state index contributed by atoms with van der Waals surface area (Å²) in [6, 6.07) is 25.1. The van der Waals surface area contributed by atoms with E-state index in [4.69, 9.17) is 16.3 Å². The van der Waals surface area contributed by atoms with Crippen LogP contribution in [0.5, 0.6) is 5.75 Å². The summed E-state index contributed by atoms with van der Waals surface area (Å²) in [5.74, 6) is -0.799. The van der Waals surface area contributed by atoms with Crippen LogP contribution in [0.1, 0.15) is 16.7 Å². The largest absolute Gasteiger partial charge is 0.489 e. The lowest BCUT2D eigenvalue weighted by molar-refractivity contribution is -0.122. The van der Waals surface area contributed by atoms with Crippen LogP contribution in [0.25, 0.3) is 16.8 Å². The Morgan fingerprint density at radius 2 is 1.66 bits per heavy atom. The summed E-state index contributed by atoms with van der Waals surface area (Å²) in [5, 5.41) is 4.96. The standard InChI is InChI=1S/C31H23ClN2O4/c1-2-6-22-17-20(11-16-28(22)38-19-23-9-5-8-21-7-3-4-10-26(21)23)18-27-29(35)33-31(37)34(30(27)36)25-14-12-24(32)13-15-25/h2-5,7-18H,1,6,19H2,(H,33,35,37)/b27-18+. The highest BCUT2D eigenvalue weighted by molar-refractivity contribution is 6.39. The number of imide groups is 2. The predicted molar refractivity (Wildman–Crippen MR) is 149 cm³/mol. The molecule has 1 fully saturated rings. The van der Waals surface area contributed by atoms with Gasteiger partial charge in [-0.1, -0.05) is 66.2 Å². The number of halogens is 1. The first-order chi connectivity index (χ1) is 18.4. The van der Waals surface area contributed by atoms with Crippen molar-refractivity contribution in [2.24, 2.45) is 0 Å². The second-order valence-corrected chi connectivity index (χ2v) is 9.16. The number of benzene rings is 4. The molecule has 4 aromatic rings. The number of carbonyl (C=O) groups excluding carboxylic acids is 3. The molecular weight excluding hydrogens is 500 g/mol. The molecule has 0 aliphatic carbocycles. The lowest BCUT2D eigenvalue weighted by Crippen LogP contribution is -2.54. The monoisotopic (exact) mass is 522 g/mol. The normalized spacial score (nSPS) is 14.6. The zero-order chi connectivity index (χ0) is 26.6. The number of allylic oxidation sites excluding steroid dienone is 1. The van der Waals surface area contributed by atoms with Crippen molar-refractivity contribution in [2.75, 3.05) is 4.90 Å². The summed E-state index contributed by atoms with van der Waals surface area (Å²) < 4.78 is 6.19. The Hall–Kier alpha value is -4.68. The number of hydrogen-bond donors (Lipinski definition) is 1. The van der Waals surface area contributed by atoms with E-state index in [1.807, 2.05) is 36.4 Å². The van der Waals surface area contributed by atoms with Crippen molar-refractivity contribution in [3.8, 4) is 5.75 Å². The van der Waals surface area contributed by atoms with Gasteiger partial charge in [0.25, 0.3) is 11.8 Å². The molecular formula is C31H23ClN2O4. The van der Waals surface area contributed by atoms with Crippen molar-refractivity contribution in [1.82, 2.24) is 5.32 Å². The van der Waals surface area contributed by atoms with Crippen LogP contribution >= 0.6 is 11.6 Å². The van der Waals surface area contributed by atoms with E-state index >= 15 is 0 Å². The van der Waals surface area contributed by atoms with Gasteiger partial charge in [0.2, 0.25) is 0 Å². The Bertz CT molecular complexity index is 1600. The number of urea groups is 1. The van der Waals surface area contributed by atoms with Gasteiger partial charge in [-0.15, -0.1) is 6.58 Å². The molecule has 0 unspecified atom stereocenters. The van der Waals surface area contributed by atoms with Crippen molar-refractivity contribution in [2.45, 2.75) is 13.0 Å². The van der Waals surface area contributed by atoms with E-state index in [2.05, 4.69) is 30.1 Å². The van der Waals surface area contributed by atoms with Gasteiger partial charge < -0.3 is 4.74 Å². The maximum absolute atomic E-state index is 13.2. The van der Waals surface area contributed by atoms with Crippen molar-refractivity contribution >= 4 is 52.0 Å². The fraction of sp³-hybridized carbons (Fsp3) is 0.0645. The third kappa shape index (κ3) is 5.08. The van der Waals surface area contributed by atoms with Gasteiger partial charge in [-0.2, -0.15) is 0 Å². The number of hydrogen-bond acceptors (Lipinski definition) is 4. The summed E-state index contributed by atoms with van der Waals surface area (Å²) in [5.41, 5.74) is 2.68. The summed E-state index contributed by atoms with van der Waals surface area (Å²) in [6.07, 6.45) is 3.75. The van der Waals surface area contributed by atoms with Crippen molar-refractivity contribution in [3.05, 3.63) is 125 Å². The highest BCUT2D eigenvalue weighted by Gasteiger charge is 2.36. The maximum Gasteiger partial charge on any atom is 0.335 e. The molecule has 0 bridgehead atoms. The number of carbonyl (C=O) groups is 3. The smallest absolute Gasteiger partial charge is 0.335 e. The number of amides is 4. The van der Waals surface area contributed by atoms with Crippen LogP contribution in [-0.4, -0.2) is 17.8 Å². The number of barbiturate groups is 1. The van der Waals surface area contributed by atoms with Gasteiger partial charge in [-0.25, -0.2) is 9.69 Å². The first-order valence-electron chi connectivity index (χ1n) is 11.9. The molecule has 5 rings (SSSR count). The van der Waals surface area contributed by atoms with Gasteiger partial charge >= 0.3 is 6.03 Å². The Morgan fingerprint density at radius 1 is 0.895 bits per heavy atom. The minimum Gasteiger partial charge on any atom is -0.489 e. The number of nitrogens with zero attached hydrogens (tertiary/aromatic N) is 1. The fourth-order valence-corrected chi connectivity index (χ4v) is 4.49. The SMILES string of the molecule is C=CCc1cc(/C=C2\C(=O)NC(=O)N(c3ccc(Cl)cc3)C2=O)ccc1OCc1cccc2ccccc12. The first kappa shape index (κ1) is 25.0. The molecule has 38 heavy (non-hydrogen) atoms.